The quantitative estimate of drug-likeness (QED) is 0.489. The summed E-state index contributed by atoms with van der Waals surface area (Å²) < 4.78 is 1.55. The van der Waals surface area contributed by atoms with Gasteiger partial charge in [0.05, 0.1) is 17.4 Å². The number of carboxylic acid groups (broad SMARTS) is 1. The van der Waals surface area contributed by atoms with Crippen LogP contribution in [0.2, 0.25) is 5.02 Å². The summed E-state index contributed by atoms with van der Waals surface area (Å²) in [5.41, 5.74) is 4.00. The van der Waals surface area contributed by atoms with E-state index in [1.807, 2.05) is 54.6 Å². The van der Waals surface area contributed by atoms with E-state index in [1.165, 1.54) is 6.33 Å². The van der Waals surface area contributed by atoms with Crippen LogP contribution >= 0.6 is 11.6 Å². The number of aromatic nitrogens is 5. The molecule has 4 rings (SSSR count). The third kappa shape index (κ3) is 4.44. The number of hydrogen-bond acceptors (Lipinski definition) is 5. The molecule has 2 aromatic heterocycles. The van der Waals surface area contributed by atoms with Crippen molar-refractivity contribution in [2.45, 2.75) is 12.5 Å². The molecule has 150 valence electrons. The number of nitrogens with one attached hydrogen (secondary N) is 1. The Hall–Kier alpha value is -3.78. The first kappa shape index (κ1) is 19.5. The van der Waals surface area contributed by atoms with Gasteiger partial charge in [-0.25, -0.2) is 4.79 Å². The van der Waals surface area contributed by atoms with E-state index < -0.39 is 12.1 Å². The van der Waals surface area contributed by atoms with Gasteiger partial charge in [0.2, 0.25) is 0 Å². The van der Waals surface area contributed by atoms with E-state index in [0.29, 0.717) is 17.1 Å². The highest BCUT2D eigenvalue weighted by atomic mass is 35.5. The average molecular weight is 421 g/mol. The van der Waals surface area contributed by atoms with Crippen molar-refractivity contribution in [2.75, 3.05) is 0 Å². The lowest BCUT2D eigenvalue weighted by Gasteiger charge is -2.17. The summed E-state index contributed by atoms with van der Waals surface area (Å²) in [4.78, 5) is 15.8. The summed E-state index contributed by atoms with van der Waals surface area (Å²) in [5, 5.41) is 23.7. The van der Waals surface area contributed by atoms with Crippen molar-refractivity contribution in [1.29, 1.82) is 0 Å². The molecule has 0 saturated heterocycles. The molecule has 1 atom stereocenters. The van der Waals surface area contributed by atoms with E-state index in [9.17, 15) is 9.90 Å². The first-order valence-corrected chi connectivity index (χ1v) is 9.50. The van der Waals surface area contributed by atoms with Crippen molar-refractivity contribution in [1.82, 2.24) is 30.5 Å². The van der Waals surface area contributed by atoms with Crippen LogP contribution in [0.3, 0.4) is 0 Å². The number of rotatable bonds is 6. The number of amides is 1. The van der Waals surface area contributed by atoms with Gasteiger partial charge in [-0.1, -0.05) is 48.0 Å². The van der Waals surface area contributed by atoms with Crippen LogP contribution < -0.4 is 5.32 Å². The Morgan fingerprint density at radius 3 is 2.63 bits per heavy atom. The van der Waals surface area contributed by atoms with Crippen LogP contribution in [0.4, 0.5) is 4.79 Å². The average Bonchev–Trinajstić information content (AvgIpc) is 3.28. The minimum absolute atomic E-state index is 0.475. The number of hydrogen-bond donors (Lipinski definition) is 2. The molecule has 0 aliphatic carbocycles. The normalized spacial score (nSPS) is 11.8. The minimum Gasteiger partial charge on any atom is -0.465 e. The molecule has 4 aromatic rings. The molecule has 0 aliphatic rings. The van der Waals surface area contributed by atoms with Gasteiger partial charge in [-0.05, 0) is 46.7 Å². The topological polar surface area (TPSA) is 106 Å². The number of nitrogens with zero attached hydrogens (tertiary/aromatic N) is 5. The van der Waals surface area contributed by atoms with E-state index in [0.717, 1.165) is 22.4 Å². The molecule has 2 aromatic carbocycles. The van der Waals surface area contributed by atoms with Crippen LogP contribution in [0.15, 0.2) is 73.2 Å². The molecule has 1 amide bonds. The Morgan fingerprint density at radius 2 is 1.97 bits per heavy atom. The molecule has 0 radical (unpaired) electrons. The Morgan fingerprint density at radius 1 is 1.13 bits per heavy atom. The molecular formula is C21H17ClN6O2. The SMILES string of the molecule is O=C(O)N[C@@H](Cc1ccccc1)c1ccc(-c2cc(Cl)ccc2-n2cnnn2)cn1. The first-order valence-electron chi connectivity index (χ1n) is 9.13. The van der Waals surface area contributed by atoms with Crippen LogP contribution in [0.5, 0.6) is 0 Å². The van der Waals surface area contributed by atoms with E-state index in [4.69, 9.17) is 11.6 Å². The molecule has 9 heteroatoms. The molecule has 0 spiro atoms. The zero-order valence-corrected chi connectivity index (χ0v) is 16.4. The molecule has 8 nitrogen and oxygen atoms in total. The number of pyridine rings is 1. The van der Waals surface area contributed by atoms with E-state index in [1.54, 1.807) is 16.9 Å². The highest BCUT2D eigenvalue weighted by Crippen LogP contribution is 2.29. The molecule has 2 N–H and O–H groups in total. The van der Waals surface area contributed by atoms with Gasteiger partial charge in [0.25, 0.3) is 0 Å². The van der Waals surface area contributed by atoms with E-state index in [-0.39, 0.29) is 0 Å². The maximum absolute atomic E-state index is 11.3. The van der Waals surface area contributed by atoms with E-state index >= 15 is 0 Å². The Kier molecular flexibility index (Phi) is 5.67. The Labute approximate surface area is 177 Å². The van der Waals surface area contributed by atoms with Crippen molar-refractivity contribution in [3.63, 3.8) is 0 Å². The lowest BCUT2D eigenvalue weighted by molar-refractivity contribution is 0.189. The third-order valence-corrected chi connectivity index (χ3v) is 4.82. The Bertz CT molecular complexity index is 1130. The van der Waals surface area contributed by atoms with Gasteiger partial charge in [-0.2, -0.15) is 4.68 Å². The van der Waals surface area contributed by atoms with Gasteiger partial charge in [0.15, 0.2) is 0 Å². The molecule has 0 bridgehead atoms. The fraction of sp³-hybridized carbons (Fsp3) is 0.0952. The smallest absolute Gasteiger partial charge is 0.405 e. The highest BCUT2D eigenvalue weighted by Gasteiger charge is 2.17. The monoisotopic (exact) mass is 420 g/mol. The maximum Gasteiger partial charge on any atom is 0.405 e. The number of benzene rings is 2. The second kappa shape index (κ2) is 8.71. The molecule has 30 heavy (non-hydrogen) atoms. The maximum atomic E-state index is 11.3. The molecular weight excluding hydrogens is 404 g/mol. The van der Waals surface area contributed by atoms with Gasteiger partial charge in [-0.3, -0.25) is 4.98 Å². The standard InChI is InChI=1S/C21H17ClN6O2/c22-16-7-9-20(28-13-24-26-27-28)17(11-16)15-6-8-18(23-12-15)19(25-21(29)30)10-14-4-2-1-3-5-14/h1-9,11-13,19,25H,10H2,(H,29,30)/t19-/m0/s1. The largest absolute Gasteiger partial charge is 0.465 e. The van der Waals surface area contributed by atoms with Gasteiger partial charge >= 0.3 is 6.09 Å². The zero-order chi connectivity index (χ0) is 20.9. The second-order valence-electron chi connectivity index (χ2n) is 6.58. The number of tetrazole rings is 1. The van der Waals surface area contributed by atoms with Crippen LogP contribution in [0.1, 0.15) is 17.3 Å². The lowest BCUT2D eigenvalue weighted by atomic mass is 10.0. The molecule has 0 aliphatic heterocycles. The van der Waals surface area contributed by atoms with Crippen LogP contribution in [0.25, 0.3) is 16.8 Å². The number of halogens is 1. The highest BCUT2D eigenvalue weighted by molar-refractivity contribution is 6.31. The second-order valence-corrected chi connectivity index (χ2v) is 7.02. The van der Waals surface area contributed by atoms with Crippen molar-refractivity contribution in [3.05, 3.63) is 89.5 Å². The van der Waals surface area contributed by atoms with Gasteiger partial charge in [0, 0.05) is 22.3 Å². The van der Waals surface area contributed by atoms with Crippen molar-refractivity contribution in [3.8, 4) is 16.8 Å². The zero-order valence-electron chi connectivity index (χ0n) is 15.7. The summed E-state index contributed by atoms with van der Waals surface area (Å²) in [5.74, 6) is 0. The molecule has 0 fully saturated rings. The van der Waals surface area contributed by atoms with Crippen LogP contribution in [-0.4, -0.2) is 36.4 Å². The lowest BCUT2D eigenvalue weighted by Crippen LogP contribution is -2.29. The fourth-order valence-corrected chi connectivity index (χ4v) is 3.38. The minimum atomic E-state index is -1.10. The number of carbonyl (C=O) groups is 1. The summed E-state index contributed by atoms with van der Waals surface area (Å²) in [7, 11) is 0. The molecule has 2 heterocycles. The fourth-order valence-electron chi connectivity index (χ4n) is 3.21. The summed E-state index contributed by atoms with van der Waals surface area (Å²) in [6.07, 6.45) is 2.59. The van der Waals surface area contributed by atoms with Crippen molar-refractivity contribution < 1.29 is 9.90 Å². The predicted molar refractivity (Wildman–Crippen MR) is 111 cm³/mol. The van der Waals surface area contributed by atoms with Gasteiger partial charge < -0.3 is 10.4 Å². The van der Waals surface area contributed by atoms with E-state index in [2.05, 4.69) is 25.8 Å². The van der Waals surface area contributed by atoms with Crippen molar-refractivity contribution in [2.24, 2.45) is 0 Å². The summed E-state index contributed by atoms with van der Waals surface area (Å²) >= 11 is 6.20. The third-order valence-electron chi connectivity index (χ3n) is 4.59. The Balaban J connectivity index is 1.66. The van der Waals surface area contributed by atoms with Gasteiger partial charge in [-0.15, -0.1) is 5.10 Å². The van der Waals surface area contributed by atoms with Crippen molar-refractivity contribution >= 4 is 17.7 Å². The van der Waals surface area contributed by atoms with Crippen LogP contribution in [-0.2, 0) is 6.42 Å². The first-order chi connectivity index (χ1) is 14.6. The summed E-state index contributed by atoms with van der Waals surface area (Å²) in [6, 6.07) is 18.3. The molecule has 0 saturated carbocycles. The molecule has 0 unspecified atom stereocenters. The van der Waals surface area contributed by atoms with Gasteiger partial charge in [0.1, 0.15) is 6.33 Å². The summed E-state index contributed by atoms with van der Waals surface area (Å²) in [6.45, 7) is 0. The van der Waals surface area contributed by atoms with Crippen LogP contribution in [0, 0.1) is 0 Å². The predicted octanol–water partition coefficient (Wildman–Crippen LogP) is 3.93.